The third-order valence-electron chi connectivity index (χ3n) is 3.68. The average Bonchev–Trinajstić information content (AvgIpc) is 2.85. The van der Waals surface area contributed by atoms with Crippen molar-refractivity contribution in [2.75, 3.05) is 6.61 Å². The number of ether oxygens (including phenoxy) is 1. The zero-order chi connectivity index (χ0) is 14.3. The van der Waals surface area contributed by atoms with E-state index in [0.717, 1.165) is 33.3 Å². The SMILES string of the molecule is Cc1cc(F)ccc1C(N)c1cc(Br)cc2c1OCC2. The van der Waals surface area contributed by atoms with E-state index in [1.807, 2.05) is 13.0 Å². The molecule has 0 aromatic heterocycles. The molecule has 104 valence electrons. The predicted molar refractivity (Wildman–Crippen MR) is 80.5 cm³/mol. The molecule has 20 heavy (non-hydrogen) atoms. The Balaban J connectivity index is 2.09. The van der Waals surface area contributed by atoms with Gasteiger partial charge in [-0.25, -0.2) is 4.39 Å². The van der Waals surface area contributed by atoms with Crippen molar-refractivity contribution >= 4 is 15.9 Å². The minimum atomic E-state index is -0.319. The van der Waals surface area contributed by atoms with Gasteiger partial charge < -0.3 is 10.5 Å². The van der Waals surface area contributed by atoms with Crippen molar-refractivity contribution in [2.45, 2.75) is 19.4 Å². The van der Waals surface area contributed by atoms with Crippen LogP contribution < -0.4 is 10.5 Å². The van der Waals surface area contributed by atoms with Crippen molar-refractivity contribution < 1.29 is 9.13 Å². The maximum Gasteiger partial charge on any atom is 0.127 e. The molecule has 1 atom stereocenters. The second-order valence-electron chi connectivity index (χ2n) is 5.06. The van der Waals surface area contributed by atoms with Crippen molar-refractivity contribution in [3.05, 3.63) is 62.9 Å². The molecule has 3 rings (SSSR count). The average molecular weight is 336 g/mol. The molecule has 0 aliphatic carbocycles. The maximum atomic E-state index is 13.2. The Morgan fingerprint density at radius 3 is 2.80 bits per heavy atom. The van der Waals surface area contributed by atoms with Crippen LogP contribution in [0, 0.1) is 12.7 Å². The van der Waals surface area contributed by atoms with Crippen LogP contribution in [0.1, 0.15) is 28.3 Å². The number of rotatable bonds is 2. The summed E-state index contributed by atoms with van der Waals surface area (Å²) in [5, 5.41) is 0. The van der Waals surface area contributed by atoms with Crippen LogP contribution in [-0.2, 0) is 6.42 Å². The second kappa shape index (κ2) is 5.19. The van der Waals surface area contributed by atoms with E-state index in [0.29, 0.717) is 6.61 Å². The van der Waals surface area contributed by atoms with Gasteiger partial charge in [-0.2, -0.15) is 0 Å². The maximum absolute atomic E-state index is 13.2. The monoisotopic (exact) mass is 335 g/mol. The molecule has 1 unspecified atom stereocenters. The Bertz CT molecular complexity index is 672. The van der Waals surface area contributed by atoms with Crippen molar-refractivity contribution in [1.82, 2.24) is 0 Å². The summed E-state index contributed by atoms with van der Waals surface area (Å²) in [5.41, 5.74) is 10.3. The topological polar surface area (TPSA) is 35.2 Å². The molecule has 2 N–H and O–H groups in total. The van der Waals surface area contributed by atoms with Crippen LogP contribution in [0.2, 0.25) is 0 Å². The smallest absolute Gasteiger partial charge is 0.127 e. The van der Waals surface area contributed by atoms with Gasteiger partial charge >= 0.3 is 0 Å². The molecule has 0 fully saturated rings. The lowest BCUT2D eigenvalue weighted by molar-refractivity contribution is 0.352. The first-order chi connectivity index (χ1) is 9.56. The second-order valence-corrected chi connectivity index (χ2v) is 5.98. The normalized spacial score (nSPS) is 14.8. The Morgan fingerprint density at radius 2 is 2.05 bits per heavy atom. The Labute approximate surface area is 125 Å². The van der Waals surface area contributed by atoms with E-state index in [1.54, 1.807) is 6.07 Å². The van der Waals surface area contributed by atoms with Crippen molar-refractivity contribution in [2.24, 2.45) is 5.73 Å². The van der Waals surface area contributed by atoms with Gasteiger partial charge in [0.2, 0.25) is 0 Å². The summed E-state index contributed by atoms with van der Waals surface area (Å²) in [6.45, 7) is 2.56. The quantitative estimate of drug-likeness (QED) is 0.903. The van der Waals surface area contributed by atoms with E-state index in [2.05, 4.69) is 22.0 Å². The molecular weight excluding hydrogens is 321 g/mol. The van der Waals surface area contributed by atoms with Crippen LogP contribution in [0.3, 0.4) is 0 Å². The number of hydrogen-bond acceptors (Lipinski definition) is 2. The lowest BCUT2D eigenvalue weighted by Crippen LogP contribution is -2.14. The van der Waals surface area contributed by atoms with Gasteiger partial charge in [0.1, 0.15) is 11.6 Å². The van der Waals surface area contributed by atoms with Crippen LogP contribution in [-0.4, -0.2) is 6.61 Å². The van der Waals surface area contributed by atoms with Crippen LogP contribution in [0.15, 0.2) is 34.8 Å². The molecule has 2 aromatic carbocycles. The van der Waals surface area contributed by atoms with E-state index < -0.39 is 0 Å². The largest absolute Gasteiger partial charge is 0.493 e. The summed E-state index contributed by atoms with van der Waals surface area (Å²) in [6.07, 6.45) is 0.900. The molecule has 0 spiro atoms. The fourth-order valence-corrected chi connectivity index (χ4v) is 3.21. The number of halogens is 2. The lowest BCUT2D eigenvalue weighted by atomic mass is 9.93. The fraction of sp³-hybridized carbons (Fsp3) is 0.250. The van der Waals surface area contributed by atoms with Crippen LogP contribution >= 0.6 is 15.9 Å². The molecule has 0 saturated carbocycles. The third-order valence-corrected chi connectivity index (χ3v) is 4.14. The first-order valence-electron chi connectivity index (χ1n) is 6.53. The predicted octanol–water partition coefficient (Wildman–Crippen LogP) is 3.88. The minimum Gasteiger partial charge on any atom is -0.493 e. The number of nitrogens with two attached hydrogens (primary N) is 1. The minimum absolute atomic E-state index is 0.242. The standard InChI is InChI=1S/C16H15BrFNO/c1-9-6-12(18)2-3-13(9)15(19)14-8-11(17)7-10-4-5-20-16(10)14/h2-3,6-8,15H,4-5,19H2,1H3. The Morgan fingerprint density at radius 1 is 1.25 bits per heavy atom. The summed E-state index contributed by atoms with van der Waals surface area (Å²) in [5.74, 6) is 0.638. The highest BCUT2D eigenvalue weighted by atomic mass is 79.9. The number of benzene rings is 2. The van der Waals surface area contributed by atoms with Gasteiger partial charge in [-0.05, 0) is 47.9 Å². The fourth-order valence-electron chi connectivity index (χ4n) is 2.68. The molecule has 0 radical (unpaired) electrons. The molecule has 4 heteroatoms. The van der Waals surface area contributed by atoms with Gasteiger partial charge in [-0.1, -0.05) is 22.0 Å². The summed E-state index contributed by atoms with van der Waals surface area (Å²) >= 11 is 3.52. The number of fused-ring (bicyclic) bond motifs is 1. The Kier molecular flexibility index (Phi) is 3.52. The van der Waals surface area contributed by atoms with E-state index in [4.69, 9.17) is 10.5 Å². The van der Waals surface area contributed by atoms with Crippen LogP contribution in [0.5, 0.6) is 5.75 Å². The van der Waals surface area contributed by atoms with E-state index >= 15 is 0 Å². The van der Waals surface area contributed by atoms with Crippen LogP contribution in [0.4, 0.5) is 4.39 Å². The number of aryl methyl sites for hydroxylation is 1. The molecule has 1 heterocycles. The van der Waals surface area contributed by atoms with Gasteiger partial charge in [0, 0.05) is 16.5 Å². The van der Waals surface area contributed by atoms with E-state index in [-0.39, 0.29) is 11.9 Å². The van der Waals surface area contributed by atoms with E-state index in [9.17, 15) is 4.39 Å². The highest BCUT2D eigenvalue weighted by Crippen LogP contribution is 2.38. The first kappa shape index (κ1) is 13.6. The first-order valence-corrected chi connectivity index (χ1v) is 7.32. The zero-order valence-corrected chi connectivity index (χ0v) is 12.7. The van der Waals surface area contributed by atoms with Crippen molar-refractivity contribution in [1.29, 1.82) is 0 Å². The molecular formula is C16H15BrFNO. The van der Waals surface area contributed by atoms with Gasteiger partial charge in [0.25, 0.3) is 0 Å². The van der Waals surface area contributed by atoms with Crippen LogP contribution in [0.25, 0.3) is 0 Å². The highest BCUT2D eigenvalue weighted by Gasteiger charge is 2.23. The molecule has 0 saturated heterocycles. The zero-order valence-electron chi connectivity index (χ0n) is 11.1. The lowest BCUT2D eigenvalue weighted by Gasteiger charge is -2.18. The van der Waals surface area contributed by atoms with Gasteiger partial charge in [0.15, 0.2) is 0 Å². The summed E-state index contributed by atoms with van der Waals surface area (Å²) in [6, 6.07) is 8.43. The Hall–Kier alpha value is -1.39. The van der Waals surface area contributed by atoms with Crippen molar-refractivity contribution in [3.8, 4) is 5.75 Å². The number of hydrogen-bond donors (Lipinski definition) is 1. The van der Waals surface area contributed by atoms with Crippen molar-refractivity contribution in [3.63, 3.8) is 0 Å². The molecule has 2 nitrogen and oxygen atoms in total. The van der Waals surface area contributed by atoms with E-state index in [1.165, 1.54) is 17.7 Å². The molecule has 1 aliphatic heterocycles. The summed E-state index contributed by atoms with van der Waals surface area (Å²) < 4.78 is 19.9. The molecule has 1 aliphatic rings. The molecule has 2 aromatic rings. The molecule has 0 amide bonds. The summed E-state index contributed by atoms with van der Waals surface area (Å²) in [7, 11) is 0. The molecule has 0 bridgehead atoms. The van der Waals surface area contributed by atoms with Gasteiger partial charge in [0.05, 0.1) is 12.6 Å². The third kappa shape index (κ3) is 2.34. The highest BCUT2D eigenvalue weighted by molar-refractivity contribution is 9.10. The summed E-state index contributed by atoms with van der Waals surface area (Å²) in [4.78, 5) is 0. The van der Waals surface area contributed by atoms with Gasteiger partial charge in [-0.15, -0.1) is 0 Å². The van der Waals surface area contributed by atoms with Gasteiger partial charge in [-0.3, -0.25) is 0 Å².